The van der Waals surface area contributed by atoms with Crippen LogP contribution in [-0.4, -0.2) is 30.6 Å². The van der Waals surface area contributed by atoms with Gasteiger partial charge in [0.25, 0.3) is 0 Å². The number of hydrogen-bond acceptors (Lipinski definition) is 4. The van der Waals surface area contributed by atoms with E-state index < -0.39 is 0 Å². The Morgan fingerprint density at radius 3 is 2.68 bits per heavy atom. The van der Waals surface area contributed by atoms with Crippen molar-refractivity contribution >= 4 is 5.84 Å². The normalized spacial score (nSPS) is 10.5. The fourth-order valence-corrected chi connectivity index (χ4v) is 1.79. The summed E-state index contributed by atoms with van der Waals surface area (Å²) in [4.78, 5) is 4.29. The average molecular weight is 265 g/mol. The van der Waals surface area contributed by atoms with Crippen LogP contribution in [0.15, 0.2) is 6.07 Å². The molecular weight excluding hydrogens is 242 g/mol. The van der Waals surface area contributed by atoms with E-state index in [9.17, 15) is 0 Å². The number of nitrogens with zero attached hydrogens (tertiary/aromatic N) is 1. The highest BCUT2D eigenvalue weighted by atomic mass is 16.5. The van der Waals surface area contributed by atoms with Crippen LogP contribution < -0.4 is 10.5 Å². The number of pyridine rings is 1. The second-order valence-corrected chi connectivity index (χ2v) is 4.45. The van der Waals surface area contributed by atoms with Crippen molar-refractivity contribution in [1.82, 2.24) is 4.98 Å². The van der Waals surface area contributed by atoms with Gasteiger partial charge in [-0.25, -0.2) is 0 Å². The number of nitrogen functional groups attached to an aromatic ring is 1. The molecule has 0 aliphatic heterocycles. The molecule has 1 aromatic rings. The molecule has 0 amide bonds. The molecule has 1 aromatic heterocycles. The number of amidine groups is 1. The maximum Gasteiger partial charge on any atom is 0.133 e. The molecule has 0 radical (unpaired) electrons. The SMILES string of the molecule is CCCCOCCOc1cc(C)nc(C)c1C(=N)N. The summed E-state index contributed by atoms with van der Waals surface area (Å²) in [5, 5.41) is 7.59. The Balaban J connectivity index is 2.59. The smallest absolute Gasteiger partial charge is 0.133 e. The third-order valence-electron chi connectivity index (χ3n) is 2.69. The molecule has 1 heterocycles. The van der Waals surface area contributed by atoms with E-state index in [4.69, 9.17) is 20.6 Å². The molecule has 0 bridgehead atoms. The van der Waals surface area contributed by atoms with E-state index in [1.54, 1.807) is 6.07 Å². The van der Waals surface area contributed by atoms with Crippen LogP contribution in [-0.2, 0) is 4.74 Å². The molecule has 0 aromatic carbocycles. The fourth-order valence-electron chi connectivity index (χ4n) is 1.79. The third kappa shape index (κ3) is 4.87. The van der Waals surface area contributed by atoms with Crippen LogP contribution in [0.25, 0.3) is 0 Å². The molecule has 0 aliphatic rings. The summed E-state index contributed by atoms with van der Waals surface area (Å²) in [5.74, 6) is 0.587. The van der Waals surface area contributed by atoms with Gasteiger partial charge in [-0.3, -0.25) is 10.4 Å². The number of unbranched alkanes of at least 4 members (excludes halogenated alkanes) is 1. The van der Waals surface area contributed by atoms with Crippen LogP contribution >= 0.6 is 0 Å². The van der Waals surface area contributed by atoms with E-state index in [-0.39, 0.29) is 5.84 Å². The first-order valence-corrected chi connectivity index (χ1v) is 6.59. The molecule has 5 heteroatoms. The van der Waals surface area contributed by atoms with Gasteiger partial charge in [0.05, 0.1) is 17.9 Å². The van der Waals surface area contributed by atoms with Gasteiger partial charge in [-0.15, -0.1) is 0 Å². The van der Waals surface area contributed by atoms with Crippen LogP contribution in [0.4, 0.5) is 0 Å². The summed E-state index contributed by atoms with van der Waals surface area (Å²) >= 11 is 0. The lowest BCUT2D eigenvalue weighted by Gasteiger charge is -2.13. The molecule has 5 nitrogen and oxygen atoms in total. The van der Waals surface area contributed by atoms with E-state index in [0.717, 1.165) is 30.8 Å². The Morgan fingerprint density at radius 2 is 2.05 bits per heavy atom. The summed E-state index contributed by atoms with van der Waals surface area (Å²) in [6.07, 6.45) is 2.18. The molecule has 0 unspecified atom stereocenters. The number of ether oxygens (including phenoxy) is 2. The van der Waals surface area contributed by atoms with Crippen molar-refractivity contribution < 1.29 is 9.47 Å². The van der Waals surface area contributed by atoms with E-state index in [1.807, 2.05) is 13.8 Å². The van der Waals surface area contributed by atoms with Crippen molar-refractivity contribution in [3.8, 4) is 5.75 Å². The Labute approximate surface area is 114 Å². The number of aryl methyl sites for hydroxylation is 2. The molecule has 3 N–H and O–H groups in total. The largest absolute Gasteiger partial charge is 0.490 e. The summed E-state index contributed by atoms with van der Waals surface area (Å²) in [5.41, 5.74) is 7.70. The zero-order valence-electron chi connectivity index (χ0n) is 12.0. The van der Waals surface area contributed by atoms with E-state index in [2.05, 4.69) is 11.9 Å². The minimum atomic E-state index is -0.0214. The zero-order chi connectivity index (χ0) is 14.3. The van der Waals surface area contributed by atoms with Gasteiger partial charge in [-0.1, -0.05) is 13.3 Å². The molecule has 0 spiro atoms. The first-order valence-electron chi connectivity index (χ1n) is 6.59. The van der Waals surface area contributed by atoms with Gasteiger partial charge in [-0.05, 0) is 20.3 Å². The fraction of sp³-hybridized carbons (Fsp3) is 0.571. The van der Waals surface area contributed by atoms with Gasteiger partial charge in [0, 0.05) is 18.4 Å². The maximum absolute atomic E-state index is 7.59. The standard InChI is InChI=1S/C14H23N3O2/c1-4-5-6-18-7-8-19-12-9-10(2)17-11(3)13(12)14(15)16/h9H,4-8H2,1-3H3,(H3,15,16). The number of nitrogens with two attached hydrogens (primary N) is 1. The van der Waals surface area contributed by atoms with Crippen LogP contribution in [0, 0.1) is 19.3 Å². The van der Waals surface area contributed by atoms with Crippen LogP contribution in [0.3, 0.4) is 0 Å². The summed E-state index contributed by atoms with van der Waals surface area (Å²) < 4.78 is 11.1. The minimum Gasteiger partial charge on any atom is -0.490 e. The van der Waals surface area contributed by atoms with Gasteiger partial charge in [-0.2, -0.15) is 0 Å². The molecule has 0 saturated heterocycles. The molecule has 0 aliphatic carbocycles. The lowest BCUT2D eigenvalue weighted by molar-refractivity contribution is 0.0979. The highest BCUT2D eigenvalue weighted by molar-refractivity contribution is 5.98. The second kappa shape index (κ2) is 7.74. The van der Waals surface area contributed by atoms with E-state index in [1.165, 1.54) is 0 Å². The molecule has 19 heavy (non-hydrogen) atoms. The first-order chi connectivity index (χ1) is 9.06. The second-order valence-electron chi connectivity index (χ2n) is 4.45. The Hall–Kier alpha value is -1.62. The Bertz CT molecular complexity index is 433. The van der Waals surface area contributed by atoms with Gasteiger partial charge in [0.2, 0.25) is 0 Å². The summed E-state index contributed by atoms with van der Waals surface area (Å²) in [7, 11) is 0. The van der Waals surface area contributed by atoms with E-state index in [0.29, 0.717) is 24.5 Å². The van der Waals surface area contributed by atoms with Gasteiger partial charge < -0.3 is 15.2 Å². The number of aromatic nitrogens is 1. The molecule has 0 fully saturated rings. The molecular formula is C14H23N3O2. The quantitative estimate of drug-likeness (QED) is 0.429. The van der Waals surface area contributed by atoms with Crippen LogP contribution in [0.5, 0.6) is 5.75 Å². The Kier molecular flexibility index (Phi) is 6.29. The van der Waals surface area contributed by atoms with Crippen molar-refractivity contribution in [2.75, 3.05) is 19.8 Å². The van der Waals surface area contributed by atoms with Crippen molar-refractivity contribution in [3.05, 3.63) is 23.0 Å². The highest BCUT2D eigenvalue weighted by Gasteiger charge is 2.12. The third-order valence-corrected chi connectivity index (χ3v) is 2.69. The van der Waals surface area contributed by atoms with Gasteiger partial charge in [0.1, 0.15) is 18.2 Å². The summed E-state index contributed by atoms with van der Waals surface area (Å²) in [6.45, 7) is 7.59. The number of rotatable bonds is 8. The predicted molar refractivity (Wildman–Crippen MR) is 75.9 cm³/mol. The van der Waals surface area contributed by atoms with Crippen molar-refractivity contribution in [2.45, 2.75) is 33.6 Å². The van der Waals surface area contributed by atoms with Crippen LogP contribution in [0.2, 0.25) is 0 Å². The Morgan fingerprint density at radius 1 is 1.32 bits per heavy atom. The maximum atomic E-state index is 7.59. The summed E-state index contributed by atoms with van der Waals surface area (Å²) in [6, 6.07) is 1.80. The topological polar surface area (TPSA) is 81.2 Å². The van der Waals surface area contributed by atoms with E-state index >= 15 is 0 Å². The number of nitrogens with one attached hydrogen (secondary N) is 1. The zero-order valence-corrected chi connectivity index (χ0v) is 12.0. The number of hydrogen-bond donors (Lipinski definition) is 2. The molecule has 106 valence electrons. The minimum absolute atomic E-state index is 0.0214. The monoisotopic (exact) mass is 265 g/mol. The van der Waals surface area contributed by atoms with Gasteiger partial charge >= 0.3 is 0 Å². The van der Waals surface area contributed by atoms with Gasteiger partial charge in [0.15, 0.2) is 0 Å². The van der Waals surface area contributed by atoms with Crippen LogP contribution in [0.1, 0.15) is 36.7 Å². The lowest BCUT2D eigenvalue weighted by atomic mass is 10.1. The molecule has 0 saturated carbocycles. The predicted octanol–water partition coefficient (Wildman–Crippen LogP) is 2.18. The van der Waals surface area contributed by atoms with Crippen molar-refractivity contribution in [2.24, 2.45) is 5.73 Å². The highest BCUT2D eigenvalue weighted by Crippen LogP contribution is 2.21. The first kappa shape index (κ1) is 15.4. The van der Waals surface area contributed by atoms with Crippen molar-refractivity contribution in [1.29, 1.82) is 5.41 Å². The van der Waals surface area contributed by atoms with Crippen molar-refractivity contribution in [3.63, 3.8) is 0 Å². The average Bonchev–Trinajstić information content (AvgIpc) is 2.32. The molecule has 1 rings (SSSR count). The molecule has 0 atom stereocenters. The lowest BCUT2D eigenvalue weighted by Crippen LogP contribution is -2.17.